The molecule has 0 spiro atoms. The SMILES string of the molecule is CCCCCCCCCCCCCCCC(=O)O[C@H](COC(=O)CCCCCCCCCC)COP(=O)(O)OC[C@H](O)COP(=O)(O)OC[C@@H](COC(=O)CCCCCCCCCCCCCCC(C)C)OC(=O)CCCCCCCCCCCCCCCCC(C)C. The third-order valence-electron chi connectivity index (χ3n) is 17.2. The van der Waals surface area contributed by atoms with Gasteiger partial charge >= 0.3 is 39.5 Å². The molecule has 0 saturated carbocycles. The van der Waals surface area contributed by atoms with Gasteiger partial charge in [-0.2, -0.15) is 0 Å². The lowest BCUT2D eigenvalue weighted by atomic mass is 10.0. The Bertz CT molecular complexity index is 1800. The van der Waals surface area contributed by atoms with Gasteiger partial charge in [0.25, 0.3) is 0 Å². The number of esters is 4. The predicted molar refractivity (Wildman–Crippen MR) is 377 cm³/mol. The summed E-state index contributed by atoms with van der Waals surface area (Å²) in [7, 11) is -9.90. The van der Waals surface area contributed by atoms with Gasteiger partial charge in [-0.05, 0) is 37.5 Å². The summed E-state index contributed by atoms with van der Waals surface area (Å²) >= 11 is 0. The van der Waals surface area contributed by atoms with Crippen molar-refractivity contribution in [2.75, 3.05) is 39.6 Å². The molecule has 0 aromatic carbocycles. The van der Waals surface area contributed by atoms with Crippen LogP contribution in [0.3, 0.4) is 0 Å². The van der Waals surface area contributed by atoms with Crippen molar-refractivity contribution in [1.29, 1.82) is 0 Å². The molecule has 3 N–H and O–H groups in total. The summed E-state index contributed by atoms with van der Waals surface area (Å²) in [6.07, 6.45) is 52.6. The molecule has 0 radical (unpaired) electrons. The highest BCUT2D eigenvalue weighted by molar-refractivity contribution is 7.47. The molecule has 0 aromatic rings. The monoisotopic (exact) mass is 1370 g/mol. The van der Waals surface area contributed by atoms with Crippen LogP contribution in [0.15, 0.2) is 0 Å². The summed E-state index contributed by atoms with van der Waals surface area (Å²) in [5.41, 5.74) is 0. The second-order valence-electron chi connectivity index (χ2n) is 27.6. The van der Waals surface area contributed by atoms with Gasteiger partial charge in [0.1, 0.15) is 19.3 Å². The molecule has 0 amide bonds. The van der Waals surface area contributed by atoms with E-state index in [0.717, 1.165) is 108 Å². The molecule has 93 heavy (non-hydrogen) atoms. The number of carbonyl (C=O) groups is 4. The topological polar surface area (TPSA) is 237 Å². The molecule has 2 unspecified atom stereocenters. The van der Waals surface area contributed by atoms with Crippen molar-refractivity contribution in [2.45, 2.75) is 400 Å². The van der Waals surface area contributed by atoms with Crippen molar-refractivity contribution in [3.63, 3.8) is 0 Å². The molecule has 552 valence electrons. The average molecular weight is 1370 g/mol. The first-order chi connectivity index (χ1) is 44.9. The van der Waals surface area contributed by atoms with Gasteiger partial charge in [0.15, 0.2) is 12.2 Å². The Morgan fingerprint density at radius 3 is 0.731 bits per heavy atom. The normalized spacial score (nSPS) is 14.1. The van der Waals surface area contributed by atoms with Crippen LogP contribution < -0.4 is 0 Å². The Balaban J connectivity index is 5.22. The van der Waals surface area contributed by atoms with Gasteiger partial charge in [0.2, 0.25) is 0 Å². The highest BCUT2D eigenvalue weighted by atomic mass is 31.2. The Morgan fingerprint density at radius 2 is 0.495 bits per heavy atom. The molecule has 0 aromatic heterocycles. The number of unbranched alkanes of at least 4 members (excludes halogenated alkanes) is 43. The number of aliphatic hydroxyl groups is 1. The first kappa shape index (κ1) is 91.1. The van der Waals surface area contributed by atoms with E-state index in [1.165, 1.54) is 193 Å². The van der Waals surface area contributed by atoms with E-state index in [2.05, 4.69) is 41.5 Å². The zero-order valence-electron chi connectivity index (χ0n) is 60.6. The molecule has 5 atom stereocenters. The van der Waals surface area contributed by atoms with Crippen LogP contribution in [0, 0.1) is 11.8 Å². The van der Waals surface area contributed by atoms with Crippen molar-refractivity contribution < 1.29 is 80.2 Å². The smallest absolute Gasteiger partial charge is 0.462 e. The highest BCUT2D eigenvalue weighted by Gasteiger charge is 2.30. The van der Waals surface area contributed by atoms with E-state index in [4.69, 9.17) is 37.0 Å². The number of hydrogen-bond acceptors (Lipinski definition) is 15. The highest BCUT2D eigenvalue weighted by Crippen LogP contribution is 2.45. The molecule has 0 rings (SSSR count). The maximum atomic E-state index is 13.1. The summed E-state index contributed by atoms with van der Waals surface area (Å²) in [5.74, 6) is -0.542. The molecule has 0 fully saturated rings. The molecule has 0 aliphatic heterocycles. The Labute approximate surface area is 568 Å². The molecule has 0 aliphatic carbocycles. The Kier molecular flexibility index (Phi) is 64.6. The third kappa shape index (κ3) is 68.4. The lowest BCUT2D eigenvalue weighted by Gasteiger charge is -2.21. The summed E-state index contributed by atoms with van der Waals surface area (Å²) in [4.78, 5) is 72.7. The van der Waals surface area contributed by atoms with Crippen LogP contribution in [0.25, 0.3) is 0 Å². The number of hydrogen-bond donors (Lipinski definition) is 3. The summed E-state index contributed by atoms with van der Waals surface area (Å²) in [5, 5.41) is 10.6. The first-order valence-corrected chi connectivity index (χ1v) is 41.5. The van der Waals surface area contributed by atoms with Crippen molar-refractivity contribution in [1.82, 2.24) is 0 Å². The molecule has 0 heterocycles. The van der Waals surface area contributed by atoms with Crippen LogP contribution >= 0.6 is 15.6 Å². The van der Waals surface area contributed by atoms with Crippen molar-refractivity contribution >= 4 is 39.5 Å². The van der Waals surface area contributed by atoms with Crippen LogP contribution in [0.4, 0.5) is 0 Å². The van der Waals surface area contributed by atoms with Crippen LogP contribution in [0.5, 0.6) is 0 Å². The lowest BCUT2D eigenvalue weighted by Crippen LogP contribution is -2.30. The maximum Gasteiger partial charge on any atom is 0.472 e. The first-order valence-electron chi connectivity index (χ1n) is 38.5. The van der Waals surface area contributed by atoms with Gasteiger partial charge in [-0.25, -0.2) is 9.13 Å². The van der Waals surface area contributed by atoms with E-state index in [-0.39, 0.29) is 25.7 Å². The molecule has 0 saturated heterocycles. The zero-order chi connectivity index (χ0) is 68.6. The lowest BCUT2D eigenvalue weighted by molar-refractivity contribution is -0.161. The van der Waals surface area contributed by atoms with E-state index in [1.807, 2.05) is 0 Å². The molecule has 19 heteroatoms. The van der Waals surface area contributed by atoms with Gasteiger partial charge in [-0.15, -0.1) is 0 Å². The molecule has 0 aliphatic rings. The number of phosphoric ester groups is 2. The summed E-state index contributed by atoms with van der Waals surface area (Å²) in [6.45, 7) is 9.60. The Morgan fingerprint density at radius 1 is 0.290 bits per heavy atom. The van der Waals surface area contributed by atoms with Crippen molar-refractivity contribution in [3.8, 4) is 0 Å². The summed E-state index contributed by atoms with van der Waals surface area (Å²) < 4.78 is 68.4. The van der Waals surface area contributed by atoms with E-state index >= 15 is 0 Å². The number of phosphoric acid groups is 2. The third-order valence-corrected chi connectivity index (χ3v) is 19.1. The van der Waals surface area contributed by atoms with Crippen LogP contribution in [0.1, 0.15) is 382 Å². The van der Waals surface area contributed by atoms with Crippen molar-refractivity contribution in [2.24, 2.45) is 11.8 Å². The minimum Gasteiger partial charge on any atom is -0.462 e. The second-order valence-corrected chi connectivity index (χ2v) is 30.5. The van der Waals surface area contributed by atoms with Crippen LogP contribution in [-0.4, -0.2) is 96.7 Å². The summed E-state index contributed by atoms with van der Waals surface area (Å²) in [6, 6.07) is 0. The van der Waals surface area contributed by atoms with Crippen LogP contribution in [-0.2, 0) is 65.4 Å². The molecular weight excluding hydrogens is 1220 g/mol. The standard InChI is InChI=1S/C74H144O17P2/c1-7-9-11-13-15-17-18-21-29-34-40-46-52-58-73(78)90-69(62-84-71(76)56-50-44-38-16-14-12-10-8-2)64-88-92(80,81)86-60-68(75)61-87-93(82,83)89-65-70(63-85-72(77)57-51-45-39-33-28-25-24-27-32-37-43-49-55-67(5)6)91-74(79)59-53-47-41-35-30-23-20-19-22-26-31-36-42-48-54-66(3)4/h66-70,75H,7-65H2,1-6H3,(H,80,81)(H,82,83)/t68-,69+,70+/m0/s1. The minimum absolute atomic E-state index is 0.107. The van der Waals surface area contributed by atoms with Crippen molar-refractivity contribution in [3.05, 3.63) is 0 Å². The maximum absolute atomic E-state index is 13.1. The van der Waals surface area contributed by atoms with Gasteiger partial charge in [-0.3, -0.25) is 37.3 Å². The fraction of sp³-hybridized carbons (Fsp3) is 0.946. The number of ether oxygens (including phenoxy) is 4. The van der Waals surface area contributed by atoms with Gasteiger partial charge < -0.3 is 33.8 Å². The number of rotatable bonds is 73. The van der Waals surface area contributed by atoms with E-state index in [0.29, 0.717) is 25.7 Å². The van der Waals surface area contributed by atoms with E-state index in [1.54, 1.807) is 0 Å². The van der Waals surface area contributed by atoms with Gasteiger partial charge in [-0.1, -0.05) is 330 Å². The minimum atomic E-state index is -4.96. The molecule has 0 bridgehead atoms. The Hall–Kier alpha value is -1.94. The zero-order valence-corrected chi connectivity index (χ0v) is 62.3. The average Bonchev–Trinajstić information content (AvgIpc) is 3.36. The van der Waals surface area contributed by atoms with E-state index < -0.39 is 97.5 Å². The fourth-order valence-electron chi connectivity index (χ4n) is 11.3. The van der Waals surface area contributed by atoms with E-state index in [9.17, 15) is 43.2 Å². The largest absolute Gasteiger partial charge is 0.472 e. The van der Waals surface area contributed by atoms with Gasteiger partial charge in [0.05, 0.1) is 26.4 Å². The number of aliphatic hydroxyl groups excluding tert-OH is 1. The fourth-order valence-corrected chi connectivity index (χ4v) is 12.9. The van der Waals surface area contributed by atoms with Crippen LogP contribution in [0.2, 0.25) is 0 Å². The quantitative estimate of drug-likeness (QED) is 0.0222. The second kappa shape index (κ2) is 66.0. The molecular formula is C74H144O17P2. The predicted octanol–water partition coefficient (Wildman–Crippen LogP) is 21.6. The number of carbonyl (C=O) groups excluding carboxylic acids is 4. The van der Waals surface area contributed by atoms with Gasteiger partial charge in [0, 0.05) is 25.7 Å². The molecule has 17 nitrogen and oxygen atoms in total.